The largest absolute Gasteiger partial charge is 0.464 e. The fourth-order valence-electron chi connectivity index (χ4n) is 1.04. The standard InChI is InChI=1S/C9H5BrFNO/c10-9-8(11)6(3-4-12-9)7-2-1-5-13-7/h1-5H. The molecule has 0 aliphatic rings. The van der Waals surface area contributed by atoms with Crippen LogP contribution in [0.15, 0.2) is 39.7 Å². The molecule has 0 aromatic carbocycles. The highest BCUT2D eigenvalue weighted by Crippen LogP contribution is 2.26. The quantitative estimate of drug-likeness (QED) is 0.717. The van der Waals surface area contributed by atoms with E-state index in [1.54, 1.807) is 18.2 Å². The number of halogens is 2. The molecule has 0 unspecified atom stereocenters. The zero-order valence-electron chi connectivity index (χ0n) is 6.50. The van der Waals surface area contributed by atoms with Crippen molar-refractivity contribution < 1.29 is 8.81 Å². The zero-order chi connectivity index (χ0) is 9.26. The molecular weight excluding hydrogens is 237 g/mol. The Balaban J connectivity index is 2.59. The van der Waals surface area contributed by atoms with Crippen LogP contribution in [0.2, 0.25) is 0 Å². The summed E-state index contributed by atoms with van der Waals surface area (Å²) in [4.78, 5) is 3.75. The summed E-state index contributed by atoms with van der Waals surface area (Å²) in [7, 11) is 0. The number of aromatic nitrogens is 1. The minimum absolute atomic E-state index is 0.196. The number of furan rings is 1. The predicted molar refractivity (Wildman–Crippen MR) is 49.6 cm³/mol. The fourth-order valence-corrected chi connectivity index (χ4v) is 1.37. The maximum atomic E-state index is 13.4. The van der Waals surface area contributed by atoms with Gasteiger partial charge in [0, 0.05) is 6.20 Å². The van der Waals surface area contributed by atoms with Crippen molar-refractivity contribution in [1.82, 2.24) is 4.98 Å². The van der Waals surface area contributed by atoms with Gasteiger partial charge >= 0.3 is 0 Å². The molecule has 0 fully saturated rings. The highest BCUT2D eigenvalue weighted by atomic mass is 79.9. The first kappa shape index (κ1) is 8.44. The Hall–Kier alpha value is -1.16. The molecule has 4 heteroatoms. The first-order valence-corrected chi connectivity index (χ1v) is 4.42. The van der Waals surface area contributed by atoms with Gasteiger partial charge in [-0.2, -0.15) is 0 Å². The molecule has 0 spiro atoms. The lowest BCUT2D eigenvalue weighted by Crippen LogP contribution is -1.86. The maximum absolute atomic E-state index is 13.4. The average Bonchev–Trinajstić information content (AvgIpc) is 2.62. The highest BCUT2D eigenvalue weighted by molar-refractivity contribution is 9.10. The lowest BCUT2D eigenvalue weighted by Gasteiger charge is -1.99. The molecule has 0 radical (unpaired) electrons. The van der Waals surface area contributed by atoms with Crippen LogP contribution in [0.1, 0.15) is 0 Å². The van der Waals surface area contributed by atoms with Gasteiger partial charge in [0.2, 0.25) is 0 Å². The van der Waals surface area contributed by atoms with Gasteiger partial charge in [0.15, 0.2) is 5.82 Å². The van der Waals surface area contributed by atoms with Crippen LogP contribution in [-0.2, 0) is 0 Å². The van der Waals surface area contributed by atoms with Crippen molar-refractivity contribution in [3.8, 4) is 11.3 Å². The van der Waals surface area contributed by atoms with Crippen LogP contribution < -0.4 is 0 Å². The lowest BCUT2D eigenvalue weighted by atomic mass is 10.2. The van der Waals surface area contributed by atoms with E-state index >= 15 is 0 Å². The van der Waals surface area contributed by atoms with E-state index < -0.39 is 5.82 Å². The molecule has 2 aromatic heterocycles. The van der Waals surface area contributed by atoms with Crippen molar-refractivity contribution in [2.45, 2.75) is 0 Å². The molecule has 0 aliphatic heterocycles. The summed E-state index contributed by atoms with van der Waals surface area (Å²) in [5, 5.41) is 0. The predicted octanol–water partition coefficient (Wildman–Crippen LogP) is 3.24. The highest BCUT2D eigenvalue weighted by Gasteiger charge is 2.10. The molecule has 2 rings (SSSR count). The first-order chi connectivity index (χ1) is 6.29. The third kappa shape index (κ3) is 1.49. The normalized spacial score (nSPS) is 10.3. The third-order valence-electron chi connectivity index (χ3n) is 1.63. The molecule has 13 heavy (non-hydrogen) atoms. The minimum atomic E-state index is -0.405. The Morgan fingerprint density at radius 1 is 1.38 bits per heavy atom. The van der Waals surface area contributed by atoms with Gasteiger partial charge in [-0.15, -0.1) is 0 Å². The van der Waals surface area contributed by atoms with E-state index in [2.05, 4.69) is 20.9 Å². The van der Waals surface area contributed by atoms with Crippen LogP contribution in [0.3, 0.4) is 0 Å². The van der Waals surface area contributed by atoms with E-state index in [4.69, 9.17) is 4.42 Å². The summed E-state index contributed by atoms with van der Waals surface area (Å²) >= 11 is 3.00. The zero-order valence-corrected chi connectivity index (χ0v) is 8.08. The number of nitrogens with zero attached hydrogens (tertiary/aromatic N) is 1. The van der Waals surface area contributed by atoms with Crippen molar-refractivity contribution in [2.75, 3.05) is 0 Å². The van der Waals surface area contributed by atoms with E-state index in [1.807, 2.05) is 0 Å². The second-order valence-electron chi connectivity index (χ2n) is 2.44. The lowest BCUT2D eigenvalue weighted by molar-refractivity contribution is 0.566. The summed E-state index contributed by atoms with van der Waals surface area (Å²) in [6.07, 6.45) is 3.02. The molecule has 0 saturated heterocycles. The summed E-state index contributed by atoms with van der Waals surface area (Å²) in [5.74, 6) is 0.0954. The van der Waals surface area contributed by atoms with Crippen LogP contribution >= 0.6 is 15.9 Å². The van der Waals surface area contributed by atoms with E-state index in [0.29, 0.717) is 11.3 Å². The Bertz CT molecular complexity index is 414. The number of pyridine rings is 1. The van der Waals surface area contributed by atoms with E-state index in [1.165, 1.54) is 12.5 Å². The van der Waals surface area contributed by atoms with Crippen LogP contribution in [0.4, 0.5) is 4.39 Å². The molecular formula is C9H5BrFNO. The molecule has 0 saturated carbocycles. The van der Waals surface area contributed by atoms with Gasteiger partial charge < -0.3 is 4.42 Å². The molecule has 0 aliphatic carbocycles. The SMILES string of the molecule is Fc1c(-c2ccco2)ccnc1Br. The third-order valence-corrected chi connectivity index (χ3v) is 2.19. The van der Waals surface area contributed by atoms with E-state index in [-0.39, 0.29) is 4.60 Å². The van der Waals surface area contributed by atoms with Crippen LogP contribution in [0, 0.1) is 5.82 Å². The Labute approximate surface area is 82.5 Å². The Morgan fingerprint density at radius 3 is 2.92 bits per heavy atom. The first-order valence-electron chi connectivity index (χ1n) is 3.63. The fraction of sp³-hybridized carbons (Fsp3) is 0. The smallest absolute Gasteiger partial charge is 0.166 e. The topological polar surface area (TPSA) is 26.0 Å². The molecule has 0 N–H and O–H groups in total. The number of hydrogen-bond acceptors (Lipinski definition) is 2. The second-order valence-corrected chi connectivity index (χ2v) is 3.19. The van der Waals surface area contributed by atoms with Gasteiger partial charge in [0.25, 0.3) is 0 Å². The summed E-state index contributed by atoms with van der Waals surface area (Å²) in [6.45, 7) is 0. The van der Waals surface area contributed by atoms with E-state index in [9.17, 15) is 4.39 Å². The van der Waals surface area contributed by atoms with Crippen molar-refractivity contribution in [3.05, 3.63) is 41.1 Å². The van der Waals surface area contributed by atoms with E-state index in [0.717, 1.165) is 0 Å². The molecule has 2 aromatic rings. The van der Waals surface area contributed by atoms with Gasteiger partial charge in [-0.3, -0.25) is 0 Å². The monoisotopic (exact) mass is 241 g/mol. The van der Waals surface area contributed by atoms with Gasteiger partial charge in [-0.25, -0.2) is 9.37 Å². The van der Waals surface area contributed by atoms with Gasteiger partial charge in [-0.05, 0) is 34.1 Å². The molecule has 2 heterocycles. The Kier molecular flexibility index (Phi) is 2.14. The molecule has 66 valence electrons. The average molecular weight is 242 g/mol. The van der Waals surface area contributed by atoms with Crippen molar-refractivity contribution in [1.29, 1.82) is 0 Å². The van der Waals surface area contributed by atoms with Crippen molar-refractivity contribution in [3.63, 3.8) is 0 Å². The molecule has 0 amide bonds. The van der Waals surface area contributed by atoms with Crippen LogP contribution in [-0.4, -0.2) is 4.98 Å². The second kappa shape index (κ2) is 3.30. The van der Waals surface area contributed by atoms with Gasteiger partial charge in [-0.1, -0.05) is 0 Å². The maximum Gasteiger partial charge on any atom is 0.166 e. The van der Waals surface area contributed by atoms with Crippen LogP contribution in [0.5, 0.6) is 0 Å². The van der Waals surface area contributed by atoms with Gasteiger partial charge in [0.05, 0.1) is 11.8 Å². The van der Waals surface area contributed by atoms with Crippen LogP contribution in [0.25, 0.3) is 11.3 Å². The Morgan fingerprint density at radius 2 is 2.23 bits per heavy atom. The number of rotatable bonds is 1. The molecule has 0 atom stereocenters. The van der Waals surface area contributed by atoms with Gasteiger partial charge in [0.1, 0.15) is 10.4 Å². The summed E-state index contributed by atoms with van der Waals surface area (Å²) in [5.41, 5.74) is 0.409. The summed E-state index contributed by atoms with van der Waals surface area (Å²) < 4.78 is 18.7. The molecule has 0 bridgehead atoms. The minimum Gasteiger partial charge on any atom is -0.464 e. The van der Waals surface area contributed by atoms with Crippen molar-refractivity contribution in [2.24, 2.45) is 0 Å². The summed E-state index contributed by atoms with van der Waals surface area (Å²) in [6, 6.07) is 4.98. The molecule has 2 nitrogen and oxygen atoms in total. The number of hydrogen-bond donors (Lipinski definition) is 0. The van der Waals surface area contributed by atoms with Crippen molar-refractivity contribution >= 4 is 15.9 Å².